The van der Waals surface area contributed by atoms with Gasteiger partial charge in [0, 0.05) is 37.6 Å². The molecule has 3 unspecified atom stereocenters. The average molecular weight is 407 g/mol. The minimum Gasteiger partial charge on any atom is -0.379 e. The fourth-order valence-electron chi connectivity index (χ4n) is 6.45. The molecule has 3 heteroatoms. The van der Waals surface area contributed by atoms with Gasteiger partial charge >= 0.3 is 0 Å². The van der Waals surface area contributed by atoms with Crippen molar-refractivity contribution in [1.29, 1.82) is 0 Å². The van der Waals surface area contributed by atoms with E-state index in [1.165, 1.54) is 55.5 Å². The van der Waals surface area contributed by atoms with E-state index in [9.17, 15) is 0 Å². The molecule has 0 radical (unpaired) electrons. The van der Waals surface area contributed by atoms with Crippen molar-refractivity contribution in [3.05, 3.63) is 54.2 Å². The molecule has 2 aliphatic carbocycles. The van der Waals surface area contributed by atoms with Gasteiger partial charge in [-0.15, -0.1) is 0 Å². The normalized spacial score (nSPS) is 30.5. The Morgan fingerprint density at radius 3 is 2.23 bits per heavy atom. The molecule has 0 aromatic heterocycles. The first kappa shape index (κ1) is 20.2. The Balaban J connectivity index is 1.18. The number of nitrogens with zero attached hydrogens (tertiary/aromatic N) is 2. The monoisotopic (exact) mass is 406 g/mol. The minimum absolute atomic E-state index is 0.145. The molecule has 3 atom stereocenters. The van der Waals surface area contributed by atoms with Crippen LogP contribution in [0.1, 0.15) is 62.5 Å². The maximum absolute atomic E-state index is 5.43. The number of rotatable bonds is 5. The van der Waals surface area contributed by atoms with E-state index in [0.29, 0.717) is 0 Å². The summed E-state index contributed by atoms with van der Waals surface area (Å²) in [6.45, 7) is 16.8. The topological polar surface area (TPSA) is 15.7 Å². The maximum atomic E-state index is 5.43. The molecule has 0 amide bonds. The number of benzene rings is 1. The predicted molar refractivity (Wildman–Crippen MR) is 124 cm³/mol. The molecule has 2 heterocycles. The molecule has 1 aromatic carbocycles. The van der Waals surface area contributed by atoms with Crippen LogP contribution in [0.3, 0.4) is 0 Å². The summed E-state index contributed by atoms with van der Waals surface area (Å²) in [7, 11) is 0. The number of ether oxygens (including phenoxy) is 1. The Bertz CT molecular complexity index is 786. The minimum atomic E-state index is 0.145. The lowest BCUT2D eigenvalue weighted by molar-refractivity contribution is -0.0919. The Labute approximate surface area is 182 Å². The van der Waals surface area contributed by atoms with E-state index in [0.717, 1.165) is 57.1 Å². The fourth-order valence-corrected chi connectivity index (χ4v) is 6.45. The van der Waals surface area contributed by atoms with Gasteiger partial charge in [-0.2, -0.15) is 0 Å². The molecule has 4 aliphatic rings. The van der Waals surface area contributed by atoms with E-state index < -0.39 is 0 Å². The van der Waals surface area contributed by atoms with Gasteiger partial charge in [0.1, 0.15) is 0 Å². The van der Waals surface area contributed by atoms with Crippen LogP contribution in [0.15, 0.2) is 43.1 Å². The van der Waals surface area contributed by atoms with Gasteiger partial charge in [-0.05, 0) is 55.1 Å². The highest BCUT2D eigenvalue weighted by molar-refractivity contribution is 5.62. The molecule has 0 spiro atoms. The number of piperazine rings is 1. The molecular weight excluding hydrogens is 368 g/mol. The molecule has 4 fully saturated rings. The van der Waals surface area contributed by atoms with Crippen molar-refractivity contribution in [2.24, 2.45) is 17.3 Å². The van der Waals surface area contributed by atoms with Crippen LogP contribution in [0.25, 0.3) is 5.70 Å². The van der Waals surface area contributed by atoms with Gasteiger partial charge in [0.2, 0.25) is 0 Å². The Hall–Kier alpha value is -1.74. The maximum Gasteiger partial charge on any atom is 0.0597 e. The van der Waals surface area contributed by atoms with Crippen molar-refractivity contribution in [3.8, 4) is 0 Å². The number of hydrogen-bond acceptors (Lipinski definition) is 3. The third kappa shape index (κ3) is 3.60. The van der Waals surface area contributed by atoms with Crippen LogP contribution in [0, 0.1) is 17.3 Å². The molecule has 0 bridgehead atoms. The van der Waals surface area contributed by atoms with Crippen LogP contribution < -0.4 is 0 Å². The highest BCUT2D eigenvalue weighted by atomic mass is 16.5. The van der Waals surface area contributed by atoms with Crippen LogP contribution in [-0.2, 0) is 4.74 Å². The van der Waals surface area contributed by atoms with Crippen LogP contribution in [0.5, 0.6) is 0 Å². The quantitative estimate of drug-likeness (QED) is 0.641. The lowest BCUT2D eigenvalue weighted by Crippen LogP contribution is -2.51. The zero-order valence-electron chi connectivity index (χ0n) is 18.7. The molecule has 2 aliphatic heterocycles. The summed E-state index contributed by atoms with van der Waals surface area (Å²) in [6, 6.07) is 9.45. The van der Waals surface area contributed by atoms with Crippen molar-refractivity contribution < 1.29 is 4.74 Å². The van der Waals surface area contributed by atoms with Gasteiger partial charge < -0.3 is 14.5 Å². The molecule has 5 rings (SSSR count). The van der Waals surface area contributed by atoms with E-state index in [1.807, 2.05) is 0 Å². The molecule has 162 valence electrons. The summed E-state index contributed by atoms with van der Waals surface area (Å²) >= 11 is 0. The van der Waals surface area contributed by atoms with Crippen LogP contribution in [0.4, 0.5) is 0 Å². The summed E-state index contributed by atoms with van der Waals surface area (Å²) in [5.41, 5.74) is 5.42. The SMILES string of the molecule is C=C(c1ccc(C2CCC3CCCCC32)cc1)N1CCN(C(=C)C2(C)COC2)CC1. The van der Waals surface area contributed by atoms with Crippen molar-refractivity contribution in [2.45, 2.75) is 51.4 Å². The molecule has 2 saturated carbocycles. The van der Waals surface area contributed by atoms with Crippen LogP contribution in [0.2, 0.25) is 0 Å². The lowest BCUT2D eigenvalue weighted by atomic mass is 9.76. The third-order valence-corrected chi connectivity index (χ3v) is 8.59. The van der Waals surface area contributed by atoms with Gasteiger partial charge in [0.05, 0.1) is 18.6 Å². The molecule has 0 N–H and O–H groups in total. The lowest BCUT2D eigenvalue weighted by Gasteiger charge is -2.47. The second-order valence-corrected chi connectivity index (χ2v) is 10.4. The largest absolute Gasteiger partial charge is 0.379 e. The second-order valence-electron chi connectivity index (χ2n) is 10.4. The second kappa shape index (κ2) is 8.07. The number of hydrogen-bond donors (Lipinski definition) is 0. The summed E-state index contributed by atoms with van der Waals surface area (Å²) in [4.78, 5) is 4.90. The van der Waals surface area contributed by atoms with E-state index in [4.69, 9.17) is 4.74 Å². The molecule has 30 heavy (non-hydrogen) atoms. The molecule has 3 nitrogen and oxygen atoms in total. The van der Waals surface area contributed by atoms with Crippen molar-refractivity contribution >= 4 is 5.70 Å². The van der Waals surface area contributed by atoms with Gasteiger partial charge in [-0.3, -0.25) is 0 Å². The van der Waals surface area contributed by atoms with E-state index in [-0.39, 0.29) is 5.41 Å². The summed E-state index contributed by atoms with van der Waals surface area (Å²) in [6.07, 6.45) is 8.67. The van der Waals surface area contributed by atoms with Crippen LogP contribution in [-0.4, -0.2) is 49.2 Å². The predicted octanol–water partition coefficient (Wildman–Crippen LogP) is 5.51. The summed E-state index contributed by atoms with van der Waals surface area (Å²) in [5, 5.41) is 0. The Kier molecular flexibility index (Phi) is 5.43. The standard InChI is InChI=1S/C27H38N2O/c1-20(28-14-16-29(17-15-28)21(2)27(3)18-30-19-27)22-8-10-24(11-9-22)26-13-12-23-6-4-5-7-25(23)26/h8-11,23,25-26H,1-2,4-7,12-19H2,3H3. The first-order chi connectivity index (χ1) is 14.5. The zero-order chi connectivity index (χ0) is 20.7. The average Bonchev–Trinajstić information content (AvgIpc) is 3.21. The summed E-state index contributed by atoms with van der Waals surface area (Å²) in [5.74, 6) is 2.74. The highest BCUT2D eigenvalue weighted by Gasteiger charge is 2.40. The van der Waals surface area contributed by atoms with Crippen LogP contribution >= 0.6 is 0 Å². The number of fused-ring (bicyclic) bond motifs is 1. The molecular formula is C27H38N2O. The molecule has 2 saturated heterocycles. The van der Waals surface area contributed by atoms with E-state index >= 15 is 0 Å². The van der Waals surface area contributed by atoms with Gasteiger partial charge in [0.25, 0.3) is 0 Å². The summed E-state index contributed by atoms with van der Waals surface area (Å²) < 4.78 is 5.43. The van der Waals surface area contributed by atoms with Crippen molar-refractivity contribution in [2.75, 3.05) is 39.4 Å². The smallest absolute Gasteiger partial charge is 0.0597 e. The third-order valence-electron chi connectivity index (χ3n) is 8.59. The first-order valence-electron chi connectivity index (χ1n) is 12.1. The first-order valence-corrected chi connectivity index (χ1v) is 12.1. The Morgan fingerprint density at radius 2 is 1.57 bits per heavy atom. The van der Waals surface area contributed by atoms with Crippen molar-refractivity contribution in [3.63, 3.8) is 0 Å². The highest BCUT2D eigenvalue weighted by Crippen LogP contribution is 2.50. The van der Waals surface area contributed by atoms with E-state index in [2.05, 4.69) is 54.1 Å². The zero-order valence-corrected chi connectivity index (χ0v) is 18.7. The fraction of sp³-hybridized carbons (Fsp3) is 0.630. The van der Waals surface area contributed by atoms with Gasteiger partial charge in [-0.1, -0.05) is 56.7 Å². The Morgan fingerprint density at radius 1 is 0.900 bits per heavy atom. The van der Waals surface area contributed by atoms with Crippen molar-refractivity contribution in [1.82, 2.24) is 9.80 Å². The van der Waals surface area contributed by atoms with E-state index in [1.54, 1.807) is 5.56 Å². The van der Waals surface area contributed by atoms with Gasteiger partial charge in [-0.25, -0.2) is 0 Å². The van der Waals surface area contributed by atoms with Gasteiger partial charge in [0.15, 0.2) is 0 Å². The molecule has 1 aromatic rings.